The summed E-state index contributed by atoms with van der Waals surface area (Å²) in [7, 11) is 3.22. The van der Waals surface area contributed by atoms with Crippen LogP contribution in [0.1, 0.15) is 37.3 Å². The second-order valence-corrected chi connectivity index (χ2v) is 8.31. The molecule has 2 aromatic carbocycles. The lowest BCUT2D eigenvalue weighted by Crippen LogP contribution is -2.31. The van der Waals surface area contributed by atoms with Crippen LogP contribution in [0.15, 0.2) is 30.3 Å². The fourth-order valence-electron chi connectivity index (χ4n) is 4.01. The number of fused-ring (bicyclic) bond motifs is 1. The lowest BCUT2D eigenvalue weighted by molar-refractivity contribution is -0.117. The van der Waals surface area contributed by atoms with Crippen LogP contribution >= 0.6 is 0 Å². The maximum absolute atomic E-state index is 13.3. The molecule has 1 saturated carbocycles. The lowest BCUT2D eigenvalue weighted by Gasteiger charge is -2.32. The second-order valence-electron chi connectivity index (χ2n) is 8.31. The standard InChI is InChI=1S/C23H27FN2O3/c1-23(9-10-23)13-20(27)25-21-19(28-2)12-15-14-26(11-8-18(15)22(21)29-3)17-6-4-16(24)5-7-17/h4-7,12H,8-11,13-14H2,1-3H3,(H,25,27). The van der Waals surface area contributed by atoms with Crippen molar-refractivity contribution in [3.63, 3.8) is 0 Å². The van der Waals surface area contributed by atoms with Crippen LogP contribution < -0.4 is 19.7 Å². The van der Waals surface area contributed by atoms with Crippen molar-refractivity contribution in [3.05, 3.63) is 47.3 Å². The number of benzene rings is 2. The van der Waals surface area contributed by atoms with Crippen LogP contribution in [-0.2, 0) is 17.8 Å². The van der Waals surface area contributed by atoms with Gasteiger partial charge in [0.1, 0.15) is 23.0 Å². The molecule has 0 radical (unpaired) electrons. The number of carbonyl (C=O) groups is 1. The van der Waals surface area contributed by atoms with Crippen molar-refractivity contribution in [2.45, 2.75) is 39.2 Å². The van der Waals surface area contributed by atoms with E-state index in [9.17, 15) is 9.18 Å². The smallest absolute Gasteiger partial charge is 0.225 e. The van der Waals surface area contributed by atoms with Crippen molar-refractivity contribution in [1.82, 2.24) is 0 Å². The van der Waals surface area contributed by atoms with Crippen molar-refractivity contribution in [2.75, 3.05) is 31.0 Å². The minimum absolute atomic E-state index is 0.00898. The number of hydrogen-bond acceptors (Lipinski definition) is 4. The van der Waals surface area contributed by atoms with Gasteiger partial charge in [-0.05, 0) is 60.6 Å². The van der Waals surface area contributed by atoms with Crippen LogP contribution in [0.3, 0.4) is 0 Å². The Hall–Kier alpha value is -2.76. The van der Waals surface area contributed by atoms with Crippen molar-refractivity contribution in [3.8, 4) is 11.5 Å². The zero-order valence-corrected chi connectivity index (χ0v) is 17.2. The van der Waals surface area contributed by atoms with Crippen LogP contribution in [0, 0.1) is 11.2 Å². The van der Waals surface area contributed by atoms with Crippen molar-refractivity contribution in [1.29, 1.82) is 0 Å². The third kappa shape index (κ3) is 4.02. The summed E-state index contributed by atoms with van der Waals surface area (Å²) >= 11 is 0. The molecular weight excluding hydrogens is 371 g/mol. The number of anilines is 2. The van der Waals surface area contributed by atoms with Gasteiger partial charge in [0, 0.05) is 30.8 Å². The van der Waals surface area contributed by atoms with Crippen LogP contribution in [0.25, 0.3) is 0 Å². The van der Waals surface area contributed by atoms with Gasteiger partial charge in [-0.1, -0.05) is 6.92 Å². The molecule has 0 spiro atoms. The van der Waals surface area contributed by atoms with E-state index < -0.39 is 0 Å². The Morgan fingerprint density at radius 2 is 1.93 bits per heavy atom. The number of hydrogen-bond donors (Lipinski definition) is 1. The lowest BCUT2D eigenvalue weighted by atomic mass is 9.96. The highest BCUT2D eigenvalue weighted by Crippen LogP contribution is 2.49. The molecule has 1 N–H and O–H groups in total. The minimum Gasteiger partial charge on any atom is -0.494 e. The molecule has 0 saturated heterocycles. The predicted molar refractivity (Wildman–Crippen MR) is 111 cm³/mol. The highest BCUT2D eigenvalue weighted by Gasteiger charge is 2.39. The Morgan fingerprint density at radius 1 is 1.21 bits per heavy atom. The summed E-state index contributed by atoms with van der Waals surface area (Å²) in [6, 6.07) is 8.52. The number of nitrogens with one attached hydrogen (secondary N) is 1. The number of methoxy groups -OCH3 is 2. The summed E-state index contributed by atoms with van der Waals surface area (Å²) < 4.78 is 24.6. The number of rotatable bonds is 6. The molecule has 1 amide bonds. The minimum atomic E-state index is -0.241. The molecular formula is C23H27FN2O3. The Bertz CT molecular complexity index is 923. The molecule has 154 valence electrons. The van der Waals surface area contributed by atoms with E-state index >= 15 is 0 Å². The summed E-state index contributed by atoms with van der Waals surface area (Å²) in [5.74, 6) is 1.02. The van der Waals surface area contributed by atoms with Crippen molar-refractivity contribution in [2.24, 2.45) is 5.41 Å². The van der Waals surface area contributed by atoms with Crippen LogP contribution in [0.4, 0.5) is 15.8 Å². The Balaban J connectivity index is 1.62. The molecule has 29 heavy (non-hydrogen) atoms. The van der Waals surface area contributed by atoms with Gasteiger partial charge in [0.2, 0.25) is 5.91 Å². The summed E-state index contributed by atoms with van der Waals surface area (Å²) in [4.78, 5) is 14.8. The van der Waals surface area contributed by atoms with Gasteiger partial charge in [-0.3, -0.25) is 4.79 Å². The van der Waals surface area contributed by atoms with Gasteiger partial charge in [-0.15, -0.1) is 0 Å². The number of amides is 1. The summed E-state index contributed by atoms with van der Waals surface area (Å²) in [5, 5.41) is 3.03. The Labute approximate surface area is 170 Å². The first kappa shape index (κ1) is 19.6. The summed E-state index contributed by atoms with van der Waals surface area (Å²) in [6.07, 6.45) is 3.46. The van der Waals surface area contributed by atoms with E-state index in [0.29, 0.717) is 30.2 Å². The molecule has 1 aliphatic carbocycles. The maximum atomic E-state index is 13.3. The maximum Gasteiger partial charge on any atom is 0.225 e. The average molecular weight is 398 g/mol. The molecule has 1 heterocycles. The predicted octanol–water partition coefficient (Wildman–Crippen LogP) is 4.53. The quantitative estimate of drug-likeness (QED) is 0.777. The second kappa shape index (κ2) is 7.58. The van der Waals surface area contributed by atoms with E-state index in [1.165, 1.54) is 12.1 Å². The van der Waals surface area contributed by atoms with Gasteiger partial charge < -0.3 is 19.7 Å². The largest absolute Gasteiger partial charge is 0.494 e. The highest BCUT2D eigenvalue weighted by atomic mass is 19.1. The monoisotopic (exact) mass is 398 g/mol. The fraction of sp³-hybridized carbons (Fsp3) is 0.435. The molecule has 1 fully saturated rings. The van der Waals surface area contributed by atoms with E-state index in [-0.39, 0.29) is 17.1 Å². The molecule has 0 bridgehead atoms. The van der Waals surface area contributed by atoms with Crippen molar-refractivity contribution < 1.29 is 18.7 Å². The molecule has 5 nitrogen and oxygen atoms in total. The van der Waals surface area contributed by atoms with Crippen LogP contribution in [-0.4, -0.2) is 26.7 Å². The van der Waals surface area contributed by atoms with E-state index in [4.69, 9.17) is 9.47 Å². The fourth-order valence-corrected chi connectivity index (χ4v) is 4.01. The van der Waals surface area contributed by atoms with E-state index in [1.54, 1.807) is 26.4 Å². The molecule has 6 heteroatoms. The van der Waals surface area contributed by atoms with Gasteiger partial charge in [0.25, 0.3) is 0 Å². The molecule has 0 aromatic heterocycles. The Kier molecular flexibility index (Phi) is 5.11. The third-order valence-corrected chi connectivity index (χ3v) is 6.00. The van der Waals surface area contributed by atoms with Gasteiger partial charge in [0.05, 0.1) is 14.2 Å². The first-order chi connectivity index (χ1) is 13.9. The molecule has 0 atom stereocenters. The van der Waals surface area contributed by atoms with Crippen LogP contribution in [0.2, 0.25) is 0 Å². The SMILES string of the molecule is COc1cc2c(c(OC)c1NC(=O)CC1(C)CC1)CCN(c1ccc(F)cc1)C2. The van der Waals surface area contributed by atoms with E-state index in [1.807, 2.05) is 6.07 Å². The van der Waals surface area contributed by atoms with Gasteiger partial charge >= 0.3 is 0 Å². The van der Waals surface area contributed by atoms with Gasteiger partial charge in [-0.2, -0.15) is 0 Å². The zero-order chi connectivity index (χ0) is 20.6. The molecule has 0 unspecified atom stereocenters. The molecule has 2 aliphatic rings. The summed E-state index contributed by atoms with van der Waals surface area (Å²) in [6.45, 7) is 3.59. The normalized spacial score (nSPS) is 16.8. The van der Waals surface area contributed by atoms with Gasteiger partial charge in [-0.25, -0.2) is 4.39 Å². The number of carbonyl (C=O) groups excluding carboxylic acids is 1. The number of halogens is 1. The zero-order valence-electron chi connectivity index (χ0n) is 17.2. The number of nitrogens with zero attached hydrogens (tertiary/aromatic N) is 1. The van der Waals surface area contributed by atoms with Gasteiger partial charge in [0.15, 0.2) is 0 Å². The van der Waals surface area contributed by atoms with Crippen LogP contribution in [0.5, 0.6) is 11.5 Å². The topological polar surface area (TPSA) is 50.8 Å². The molecule has 4 rings (SSSR count). The van der Waals surface area contributed by atoms with E-state index in [2.05, 4.69) is 17.1 Å². The molecule has 1 aliphatic heterocycles. The first-order valence-electron chi connectivity index (χ1n) is 9.99. The highest BCUT2D eigenvalue weighted by molar-refractivity contribution is 5.95. The average Bonchev–Trinajstić information content (AvgIpc) is 3.43. The summed E-state index contributed by atoms with van der Waals surface area (Å²) in [5.41, 5.74) is 3.89. The van der Waals surface area contributed by atoms with Crippen molar-refractivity contribution >= 4 is 17.3 Å². The number of ether oxygens (including phenoxy) is 2. The van der Waals surface area contributed by atoms with E-state index in [0.717, 1.165) is 42.6 Å². The molecule has 2 aromatic rings. The first-order valence-corrected chi connectivity index (χ1v) is 9.99. The Morgan fingerprint density at radius 3 is 2.55 bits per heavy atom. The third-order valence-electron chi connectivity index (χ3n) is 6.00.